The summed E-state index contributed by atoms with van der Waals surface area (Å²) in [4.78, 5) is 32.0. The number of amides is 2. The molecule has 0 aromatic carbocycles. The van der Waals surface area contributed by atoms with Gasteiger partial charge in [0.05, 0.1) is 28.3 Å². The number of carbonyl (C=O) groups excluding carboxylic acids is 2. The summed E-state index contributed by atoms with van der Waals surface area (Å²) >= 11 is 0. The van der Waals surface area contributed by atoms with Crippen molar-refractivity contribution in [2.24, 2.45) is 5.92 Å². The van der Waals surface area contributed by atoms with Crippen LogP contribution in [0.2, 0.25) is 0 Å². The second kappa shape index (κ2) is 7.00. The summed E-state index contributed by atoms with van der Waals surface area (Å²) < 4.78 is 45.8. The average Bonchev–Trinajstić information content (AvgIpc) is 3.22. The first-order chi connectivity index (χ1) is 13.6. The number of carbonyl (C=O) groups is 2. The molecule has 0 radical (unpaired) electrons. The maximum Gasteiger partial charge on any atom is 0.417 e. The van der Waals surface area contributed by atoms with Crippen molar-refractivity contribution in [3.05, 3.63) is 23.0 Å². The van der Waals surface area contributed by atoms with E-state index in [1.807, 2.05) is 0 Å². The third-order valence-electron chi connectivity index (χ3n) is 5.78. The third-order valence-corrected chi connectivity index (χ3v) is 5.78. The lowest BCUT2D eigenvalue weighted by Gasteiger charge is -2.34. The van der Waals surface area contributed by atoms with Gasteiger partial charge in [-0.3, -0.25) is 9.59 Å². The zero-order valence-corrected chi connectivity index (χ0v) is 16.1. The highest BCUT2D eigenvalue weighted by atomic mass is 19.4. The van der Waals surface area contributed by atoms with Crippen LogP contribution in [0.1, 0.15) is 42.1 Å². The molecule has 4 rings (SSSR count). The van der Waals surface area contributed by atoms with Crippen molar-refractivity contribution in [1.82, 2.24) is 19.9 Å². The van der Waals surface area contributed by atoms with Crippen LogP contribution in [0.15, 0.2) is 10.6 Å². The Morgan fingerprint density at radius 3 is 2.72 bits per heavy atom. The number of aromatic nitrogens is 2. The monoisotopic (exact) mass is 410 g/mol. The van der Waals surface area contributed by atoms with E-state index in [1.54, 1.807) is 11.9 Å². The number of aryl methyl sites for hydroxylation is 1. The van der Waals surface area contributed by atoms with Gasteiger partial charge in [-0.1, -0.05) is 5.16 Å². The van der Waals surface area contributed by atoms with E-state index in [9.17, 15) is 22.8 Å². The Morgan fingerprint density at radius 1 is 1.31 bits per heavy atom. The number of nitrogens with zero attached hydrogens (tertiary/aromatic N) is 4. The van der Waals surface area contributed by atoms with E-state index < -0.39 is 17.7 Å². The fraction of sp³-hybridized carbons (Fsp3) is 0.579. The van der Waals surface area contributed by atoms with Crippen molar-refractivity contribution in [2.75, 3.05) is 26.7 Å². The molecule has 2 aliphatic rings. The first kappa shape index (κ1) is 19.7. The van der Waals surface area contributed by atoms with Gasteiger partial charge in [0.25, 0.3) is 5.71 Å². The van der Waals surface area contributed by atoms with Gasteiger partial charge in [-0.25, -0.2) is 4.98 Å². The molecule has 2 aromatic heterocycles. The van der Waals surface area contributed by atoms with Gasteiger partial charge in [-0.05, 0) is 25.8 Å². The van der Waals surface area contributed by atoms with Crippen molar-refractivity contribution < 1.29 is 27.3 Å². The number of pyridine rings is 1. The van der Waals surface area contributed by atoms with Crippen LogP contribution in [0.5, 0.6) is 0 Å². The van der Waals surface area contributed by atoms with Crippen molar-refractivity contribution in [3.8, 4) is 0 Å². The molecule has 0 saturated carbocycles. The molecule has 7 nitrogen and oxygen atoms in total. The topological polar surface area (TPSA) is 79.5 Å². The number of piperidine rings is 1. The van der Waals surface area contributed by atoms with Crippen LogP contribution in [-0.4, -0.2) is 58.4 Å². The molecule has 0 aliphatic carbocycles. The summed E-state index contributed by atoms with van der Waals surface area (Å²) in [6.07, 6.45) is -3.11. The van der Waals surface area contributed by atoms with E-state index in [2.05, 4.69) is 10.1 Å². The normalized spacial score (nSPS) is 23.3. The molecule has 2 saturated heterocycles. The Hall–Kier alpha value is -2.65. The predicted octanol–water partition coefficient (Wildman–Crippen LogP) is 2.73. The van der Waals surface area contributed by atoms with Crippen molar-refractivity contribution in [2.45, 2.75) is 38.3 Å². The van der Waals surface area contributed by atoms with Gasteiger partial charge in [0, 0.05) is 39.0 Å². The van der Waals surface area contributed by atoms with Gasteiger partial charge in [0.15, 0.2) is 0 Å². The van der Waals surface area contributed by atoms with Crippen LogP contribution in [-0.2, 0) is 15.8 Å². The molecule has 0 N–H and O–H groups in total. The number of likely N-dealkylation sites (tertiary alicyclic amines) is 2. The van der Waals surface area contributed by atoms with Crippen LogP contribution >= 0.6 is 0 Å². The maximum atomic E-state index is 13.6. The first-order valence-corrected chi connectivity index (χ1v) is 9.52. The zero-order chi connectivity index (χ0) is 20.9. The molecule has 0 bridgehead atoms. The lowest BCUT2D eigenvalue weighted by atomic mass is 9.91. The standard InChI is InChI=1S/C19H21F3N4O3/c1-10-16-13(19(20,21)22)7-14(23-17(16)29-24-10)11-4-3-5-26(9-11)18(28)12-6-15(27)25(2)8-12/h7,11-12H,3-6,8-9H2,1-2H3/t11-,12-/m1/s1. The summed E-state index contributed by atoms with van der Waals surface area (Å²) in [6, 6.07) is 1.05. The highest BCUT2D eigenvalue weighted by Crippen LogP contribution is 2.38. The summed E-state index contributed by atoms with van der Waals surface area (Å²) in [6.45, 7) is 2.62. The molecule has 2 amide bonds. The molecule has 0 unspecified atom stereocenters. The van der Waals surface area contributed by atoms with Gasteiger partial charge in [-0.2, -0.15) is 13.2 Å². The van der Waals surface area contributed by atoms with E-state index in [0.29, 0.717) is 25.9 Å². The molecular weight excluding hydrogens is 389 g/mol. The smallest absolute Gasteiger partial charge is 0.345 e. The minimum atomic E-state index is -4.56. The first-order valence-electron chi connectivity index (χ1n) is 9.52. The summed E-state index contributed by atoms with van der Waals surface area (Å²) in [5.41, 5.74) is -0.568. The average molecular weight is 410 g/mol. The number of rotatable bonds is 2. The van der Waals surface area contributed by atoms with Crippen LogP contribution < -0.4 is 0 Å². The lowest BCUT2D eigenvalue weighted by molar-refractivity contribution is -0.137. The van der Waals surface area contributed by atoms with Crippen LogP contribution in [0.3, 0.4) is 0 Å². The Morgan fingerprint density at radius 2 is 2.07 bits per heavy atom. The van der Waals surface area contributed by atoms with E-state index in [0.717, 1.165) is 6.07 Å². The molecule has 2 aliphatic heterocycles. The van der Waals surface area contributed by atoms with Crippen LogP contribution in [0, 0.1) is 12.8 Å². The molecule has 4 heterocycles. The second-order valence-electron chi connectivity index (χ2n) is 7.84. The molecular formula is C19H21F3N4O3. The van der Waals surface area contributed by atoms with Crippen molar-refractivity contribution in [3.63, 3.8) is 0 Å². The molecule has 0 spiro atoms. The quantitative estimate of drug-likeness (QED) is 0.761. The summed E-state index contributed by atoms with van der Waals surface area (Å²) in [5, 5.41) is 3.50. The van der Waals surface area contributed by atoms with Gasteiger partial charge < -0.3 is 14.3 Å². The lowest BCUT2D eigenvalue weighted by Crippen LogP contribution is -2.43. The van der Waals surface area contributed by atoms with Crippen molar-refractivity contribution in [1.29, 1.82) is 0 Å². The summed E-state index contributed by atoms with van der Waals surface area (Å²) in [7, 11) is 1.66. The SMILES string of the molecule is Cc1noc2nc([C@@H]3CCCN(C(=O)[C@@H]4CC(=O)N(C)C4)C3)cc(C(F)(F)F)c12. The number of hydrogen-bond acceptors (Lipinski definition) is 5. The van der Waals surface area contributed by atoms with Gasteiger partial charge in [-0.15, -0.1) is 0 Å². The summed E-state index contributed by atoms with van der Waals surface area (Å²) in [5.74, 6) is -0.928. The van der Waals surface area contributed by atoms with E-state index >= 15 is 0 Å². The Kier molecular flexibility index (Phi) is 4.74. The largest absolute Gasteiger partial charge is 0.417 e. The van der Waals surface area contributed by atoms with Gasteiger partial charge in [0.1, 0.15) is 0 Å². The second-order valence-corrected chi connectivity index (χ2v) is 7.84. The number of fused-ring (bicyclic) bond motifs is 1. The van der Waals surface area contributed by atoms with Crippen LogP contribution in [0.25, 0.3) is 11.1 Å². The Balaban J connectivity index is 1.61. The molecule has 2 atom stereocenters. The highest BCUT2D eigenvalue weighted by molar-refractivity contribution is 5.89. The molecule has 29 heavy (non-hydrogen) atoms. The van der Waals surface area contributed by atoms with Gasteiger partial charge in [0.2, 0.25) is 11.8 Å². The molecule has 2 aromatic rings. The van der Waals surface area contributed by atoms with E-state index in [1.165, 1.54) is 11.8 Å². The number of alkyl halides is 3. The molecule has 156 valence electrons. The highest BCUT2D eigenvalue weighted by Gasteiger charge is 2.39. The minimum absolute atomic E-state index is 0.0699. The zero-order valence-electron chi connectivity index (χ0n) is 16.1. The maximum absolute atomic E-state index is 13.6. The number of halogens is 3. The van der Waals surface area contributed by atoms with Gasteiger partial charge >= 0.3 is 6.18 Å². The van der Waals surface area contributed by atoms with E-state index in [-0.39, 0.29) is 53.2 Å². The van der Waals surface area contributed by atoms with Crippen LogP contribution in [0.4, 0.5) is 13.2 Å². The van der Waals surface area contributed by atoms with E-state index in [4.69, 9.17) is 4.52 Å². The van der Waals surface area contributed by atoms with Crippen molar-refractivity contribution >= 4 is 22.9 Å². The Labute approximate surface area is 164 Å². The molecule has 10 heteroatoms. The third kappa shape index (κ3) is 3.56. The predicted molar refractivity (Wildman–Crippen MR) is 95.8 cm³/mol. The fourth-order valence-electron chi connectivity index (χ4n) is 4.25. The minimum Gasteiger partial charge on any atom is -0.345 e. The Bertz CT molecular complexity index is 971. The fourth-order valence-corrected chi connectivity index (χ4v) is 4.25. The molecule has 2 fully saturated rings. The number of hydrogen-bond donors (Lipinski definition) is 0.